The van der Waals surface area contributed by atoms with Gasteiger partial charge in [0.25, 0.3) is 0 Å². The van der Waals surface area contributed by atoms with Gasteiger partial charge in [-0.2, -0.15) is 4.98 Å². The first-order valence-corrected chi connectivity index (χ1v) is 8.93. The first-order valence-electron chi connectivity index (χ1n) is 8.93. The Morgan fingerprint density at radius 2 is 2.21 bits per heavy atom. The lowest BCUT2D eigenvalue weighted by Gasteiger charge is -2.23. The third-order valence-corrected chi connectivity index (χ3v) is 5.08. The van der Waals surface area contributed by atoms with Gasteiger partial charge in [0, 0.05) is 43.4 Å². The zero-order valence-corrected chi connectivity index (χ0v) is 14.3. The van der Waals surface area contributed by atoms with E-state index in [9.17, 15) is 0 Å². The fourth-order valence-corrected chi connectivity index (χ4v) is 3.37. The van der Waals surface area contributed by atoms with Gasteiger partial charge in [-0.1, -0.05) is 11.2 Å². The summed E-state index contributed by atoms with van der Waals surface area (Å²) in [6.07, 6.45) is 6.49. The van der Waals surface area contributed by atoms with Gasteiger partial charge in [-0.25, -0.2) is 0 Å². The molecule has 0 radical (unpaired) electrons. The number of hydrogen-bond donors (Lipinski definition) is 0. The van der Waals surface area contributed by atoms with E-state index in [0.29, 0.717) is 12.0 Å². The van der Waals surface area contributed by atoms with Crippen molar-refractivity contribution in [2.75, 3.05) is 26.7 Å². The van der Waals surface area contributed by atoms with Crippen LogP contribution >= 0.6 is 0 Å². The molecular weight excluding hydrogens is 302 g/mol. The molecule has 6 heteroatoms. The lowest BCUT2D eigenvalue weighted by molar-refractivity contribution is 0.218. The fourth-order valence-electron chi connectivity index (χ4n) is 3.37. The summed E-state index contributed by atoms with van der Waals surface area (Å²) in [6.45, 7) is 4.11. The maximum atomic E-state index is 5.36. The highest BCUT2D eigenvalue weighted by Gasteiger charge is 2.30. The molecule has 0 aromatic carbocycles. The lowest BCUT2D eigenvalue weighted by atomic mass is 10.2. The Morgan fingerprint density at radius 1 is 1.29 bits per heavy atom. The molecule has 0 N–H and O–H groups in total. The predicted molar refractivity (Wildman–Crippen MR) is 90.5 cm³/mol. The van der Waals surface area contributed by atoms with Crippen LogP contribution in [0.3, 0.4) is 0 Å². The first kappa shape index (κ1) is 15.7. The Balaban J connectivity index is 1.24. The first-order chi connectivity index (χ1) is 11.8. The second kappa shape index (κ2) is 6.99. The van der Waals surface area contributed by atoms with Crippen LogP contribution in [0, 0.1) is 0 Å². The molecule has 0 amide bonds. The molecule has 4 rings (SSSR count). The van der Waals surface area contributed by atoms with Crippen molar-refractivity contribution in [2.24, 2.45) is 0 Å². The largest absolute Gasteiger partial charge is 0.339 e. The molecule has 1 atom stereocenters. The maximum Gasteiger partial charge on any atom is 0.229 e. The minimum atomic E-state index is 0.533. The third-order valence-electron chi connectivity index (χ3n) is 5.08. The minimum absolute atomic E-state index is 0.533. The normalized spacial score (nSPS) is 21.7. The van der Waals surface area contributed by atoms with E-state index in [2.05, 4.69) is 44.1 Å². The summed E-state index contributed by atoms with van der Waals surface area (Å²) in [4.78, 5) is 13.8. The topological polar surface area (TPSA) is 58.3 Å². The van der Waals surface area contributed by atoms with Gasteiger partial charge >= 0.3 is 0 Å². The minimum Gasteiger partial charge on any atom is -0.339 e. The Labute approximate surface area is 142 Å². The molecular formula is C18H25N5O. The standard InChI is InChI=1S/C18H25N5O/c1-22(13-17-20-18(24-21-17)14-5-6-14)16-8-11-23(12-16)10-7-15-4-2-3-9-19-15/h2-4,9,14,16H,5-8,10-13H2,1H3. The molecule has 1 saturated heterocycles. The van der Waals surface area contributed by atoms with Gasteiger partial charge < -0.3 is 9.42 Å². The van der Waals surface area contributed by atoms with Crippen LogP contribution in [-0.4, -0.2) is 57.6 Å². The van der Waals surface area contributed by atoms with E-state index in [1.54, 1.807) is 0 Å². The van der Waals surface area contributed by atoms with Crippen LogP contribution in [-0.2, 0) is 13.0 Å². The van der Waals surface area contributed by atoms with Gasteiger partial charge in [0.2, 0.25) is 5.89 Å². The summed E-state index contributed by atoms with van der Waals surface area (Å²) >= 11 is 0. The molecule has 6 nitrogen and oxygen atoms in total. The summed E-state index contributed by atoms with van der Waals surface area (Å²) in [5, 5.41) is 4.13. The average molecular weight is 327 g/mol. The summed E-state index contributed by atoms with van der Waals surface area (Å²) in [5.41, 5.74) is 1.17. The maximum absolute atomic E-state index is 5.36. The molecule has 1 aliphatic heterocycles. The Bertz CT molecular complexity index is 654. The number of hydrogen-bond acceptors (Lipinski definition) is 6. The highest BCUT2D eigenvalue weighted by molar-refractivity contribution is 5.04. The summed E-state index contributed by atoms with van der Waals surface area (Å²) in [7, 11) is 2.17. The monoisotopic (exact) mass is 327 g/mol. The summed E-state index contributed by atoms with van der Waals surface area (Å²) in [6, 6.07) is 6.70. The van der Waals surface area contributed by atoms with Crippen molar-refractivity contribution in [3.63, 3.8) is 0 Å². The molecule has 1 unspecified atom stereocenters. The highest BCUT2D eigenvalue weighted by Crippen LogP contribution is 2.38. The van der Waals surface area contributed by atoms with Crippen molar-refractivity contribution >= 4 is 0 Å². The van der Waals surface area contributed by atoms with Gasteiger partial charge in [-0.05, 0) is 45.0 Å². The quantitative estimate of drug-likeness (QED) is 0.776. The van der Waals surface area contributed by atoms with Crippen molar-refractivity contribution in [1.29, 1.82) is 0 Å². The number of nitrogens with zero attached hydrogens (tertiary/aromatic N) is 5. The zero-order valence-electron chi connectivity index (χ0n) is 14.3. The van der Waals surface area contributed by atoms with E-state index in [-0.39, 0.29) is 0 Å². The highest BCUT2D eigenvalue weighted by atomic mass is 16.5. The number of rotatable bonds is 7. The van der Waals surface area contributed by atoms with Crippen LogP contribution in [0.5, 0.6) is 0 Å². The van der Waals surface area contributed by atoms with Gasteiger partial charge in [0.05, 0.1) is 6.54 Å². The Morgan fingerprint density at radius 3 is 3.00 bits per heavy atom. The molecule has 2 aliphatic rings. The molecule has 3 heterocycles. The van der Waals surface area contributed by atoms with E-state index in [1.807, 2.05) is 12.3 Å². The zero-order chi connectivity index (χ0) is 16.4. The van der Waals surface area contributed by atoms with Crippen LogP contribution in [0.4, 0.5) is 0 Å². The molecule has 24 heavy (non-hydrogen) atoms. The van der Waals surface area contributed by atoms with Crippen molar-refractivity contribution in [1.82, 2.24) is 24.9 Å². The van der Waals surface area contributed by atoms with Crippen LogP contribution < -0.4 is 0 Å². The Hall–Kier alpha value is -1.79. The van der Waals surface area contributed by atoms with Gasteiger partial charge in [-0.3, -0.25) is 9.88 Å². The fraction of sp³-hybridized carbons (Fsp3) is 0.611. The molecule has 1 aliphatic carbocycles. The number of pyridine rings is 1. The predicted octanol–water partition coefficient (Wildman–Crippen LogP) is 2.09. The van der Waals surface area contributed by atoms with Crippen LogP contribution in [0.2, 0.25) is 0 Å². The Kier molecular flexibility index (Phi) is 4.58. The van der Waals surface area contributed by atoms with Crippen LogP contribution in [0.25, 0.3) is 0 Å². The number of likely N-dealkylation sites (N-methyl/N-ethyl adjacent to an activating group) is 1. The number of aromatic nitrogens is 3. The average Bonchev–Trinajstić information content (AvgIpc) is 3.17. The number of likely N-dealkylation sites (tertiary alicyclic amines) is 1. The van der Waals surface area contributed by atoms with E-state index >= 15 is 0 Å². The van der Waals surface area contributed by atoms with Gasteiger partial charge in [0.1, 0.15) is 0 Å². The van der Waals surface area contributed by atoms with E-state index in [4.69, 9.17) is 4.52 Å². The van der Waals surface area contributed by atoms with E-state index in [1.165, 1.54) is 25.0 Å². The van der Waals surface area contributed by atoms with Crippen LogP contribution in [0.15, 0.2) is 28.9 Å². The molecule has 0 bridgehead atoms. The summed E-state index contributed by atoms with van der Waals surface area (Å²) < 4.78 is 5.36. The summed E-state index contributed by atoms with van der Waals surface area (Å²) in [5.74, 6) is 2.19. The van der Waals surface area contributed by atoms with Crippen molar-refractivity contribution in [3.8, 4) is 0 Å². The SMILES string of the molecule is CN(Cc1noc(C2CC2)n1)C1CCN(CCc2ccccn2)C1. The van der Waals surface area contributed by atoms with Gasteiger partial charge in [0.15, 0.2) is 5.82 Å². The molecule has 2 aromatic heterocycles. The second-order valence-electron chi connectivity index (χ2n) is 7.05. The lowest BCUT2D eigenvalue weighted by Crippen LogP contribution is -2.35. The molecule has 0 spiro atoms. The smallest absolute Gasteiger partial charge is 0.229 e. The second-order valence-corrected chi connectivity index (χ2v) is 7.05. The molecule has 128 valence electrons. The van der Waals surface area contributed by atoms with Crippen molar-refractivity contribution in [3.05, 3.63) is 41.8 Å². The van der Waals surface area contributed by atoms with Crippen LogP contribution in [0.1, 0.15) is 42.6 Å². The third kappa shape index (κ3) is 3.82. The van der Waals surface area contributed by atoms with Crippen molar-refractivity contribution < 1.29 is 4.52 Å². The van der Waals surface area contributed by atoms with Gasteiger partial charge in [-0.15, -0.1) is 0 Å². The van der Waals surface area contributed by atoms with Crippen molar-refractivity contribution in [2.45, 2.75) is 44.2 Å². The van der Waals surface area contributed by atoms with E-state index in [0.717, 1.165) is 44.3 Å². The molecule has 2 aromatic rings. The molecule has 1 saturated carbocycles. The molecule has 2 fully saturated rings. The van der Waals surface area contributed by atoms with E-state index < -0.39 is 0 Å².